The molecule has 3 aromatic heterocycles. The number of amides is 2. The van der Waals surface area contributed by atoms with Crippen LogP contribution in [0, 0.1) is 0 Å². The SMILES string of the molecule is CC(C)(C)OC(=O)N1CCC(n2cc(NC(=O)c3cnn4ccc(C5CNCCO5)nc34)c(C(F)F)n2)CC1. The van der Waals surface area contributed by atoms with E-state index in [1.54, 1.807) is 37.9 Å². The number of rotatable bonds is 5. The average Bonchev–Trinajstić information content (AvgIpc) is 3.52. The molecular weight excluding hydrogens is 514 g/mol. The van der Waals surface area contributed by atoms with E-state index in [2.05, 4.69) is 25.8 Å². The van der Waals surface area contributed by atoms with Crippen molar-refractivity contribution in [1.29, 1.82) is 0 Å². The minimum absolute atomic E-state index is 0.0834. The molecule has 2 aliphatic heterocycles. The number of hydrogen-bond donors (Lipinski definition) is 2. The standard InChI is InChI=1S/C25H32F2N8O4/c1-25(2,3)39-24(37)33-8-4-15(5-9-33)35-14-18(20(32-35)21(26)27)31-23(36)16-12-29-34-10-6-17(30-22(16)34)19-13-28-7-11-38-19/h6,10,12,14-15,19,21,28H,4-5,7-9,11,13H2,1-3H3,(H,31,36). The molecule has 2 aliphatic rings. The zero-order valence-electron chi connectivity index (χ0n) is 22.1. The number of nitrogens with zero attached hydrogens (tertiary/aromatic N) is 6. The Morgan fingerprint density at radius 2 is 2.03 bits per heavy atom. The fourth-order valence-electron chi connectivity index (χ4n) is 4.66. The van der Waals surface area contributed by atoms with Gasteiger partial charge in [0, 0.05) is 38.6 Å². The first-order valence-corrected chi connectivity index (χ1v) is 12.9. The Balaban J connectivity index is 1.30. The predicted molar refractivity (Wildman–Crippen MR) is 136 cm³/mol. The highest BCUT2D eigenvalue weighted by Gasteiger charge is 2.30. The van der Waals surface area contributed by atoms with Gasteiger partial charge < -0.3 is 25.0 Å². The van der Waals surface area contributed by atoms with Crippen LogP contribution in [-0.4, -0.2) is 79.7 Å². The van der Waals surface area contributed by atoms with Crippen LogP contribution in [0.1, 0.15) is 73.9 Å². The number of piperidine rings is 1. The summed E-state index contributed by atoms with van der Waals surface area (Å²) in [6.45, 7) is 8.10. The number of ether oxygens (including phenoxy) is 2. The lowest BCUT2D eigenvalue weighted by molar-refractivity contribution is 0.0184. The molecule has 1 unspecified atom stereocenters. The third-order valence-electron chi connectivity index (χ3n) is 6.60. The Hall–Kier alpha value is -3.65. The number of alkyl halides is 2. The maximum atomic E-state index is 13.9. The third-order valence-corrected chi connectivity index (χ3v) is 6.60. The van der Waals surface area contributed by atoms with Gasteiger partial charge in [0.05, 0.1) is 30.2 Å². The Kier molecular flexibility index (Phi) is 7.49. The molecule has 0 aromatic carbocycles. The van der Waals surface area contributed by atoms with Gasteiger partial charge in [0.2, 0.25) is 0 Å². The second kappa shape index (κ2) is 10.8. The van der Waals surface area contributed by atoms with Crippen LogP contribution in [0.5, 0.6) is 0 Å². The van der Waals surface area contributed by atoms with Crippen LogP contribution < -0.4 is 10.6 Å². The molecule has 2 saturated heterocycles. The van der Waals surface area contributed by atoms with Crippen molar-refractivity contribution in [3.63, 3.8) is 0 Å². The molecule has 2 fully saturated rings. The molecule has 0 aliphatic carbocycles. The molecule has 14 heteroatoms. The summed E-state index contributed by atoms with van der Waals surface area (Å²) in [6.07, 6.45) is 1.90. The lowest BCUT2D eigenvalue weighted by Gasteiger charge is -2.33. The zero-order valence-corrected chi connectivity index (χ0v) is 22.1. The van der Waals surface area contributed by atoms with Crippen molar-refractivity contribution < 1.29 is 27.8 Å². The average molecular weight is 547 g/mol. The van der Waals surface area contributed by atoms with Crippen LogP contribution in [0.2, 0.25) is 0 Å². The number of hydrogen-bond acceptors (Lipinski definition) is 8. The van der Waals surface area contributed by atoms with Gasteiger partial charge >= 0.3 is 6.09 Å². The first-order chi connectivity index (χ1) is 18.6. The first-order valence-electron chi connectivity index (χ1n) is 12.9. The van der Waals surface area contributed by atoms with Crippen molar-refractivity contribution >= 4 is 23.3 Å². The lowest BCUT2D eigenvalue weighted by Crippen LogP contribution is -2.42. The summed E-state index contributed by atoms with van der Waals surface area (Å²) in [7, 11) is 0. The summed E-state index contributed by atoms with van der Waals surface area (Å²) in [5.74, 6) is -0.626. The number of anilines is 1. The molecule has 5 heterocycles. The van der Waals surface area contributed by atoms with Crippen molar-refractivity contribution in [3.05, 3.63) is 41.6 Å². The predicted octanol–water partition coefficient (Wildman–Crippen LogP) is 3.35. The second-order valence-corrected chi connectivity index (χ2v) is 10.6. The molecule has 2 N–H and O–H groups in total. The van der Waals surface area contributed by atoms with Gasteiger partial charge in [-0.05, 0) is 39.7 Å². The summed E-state index contributed by atoms with van der Waals surface area (Å²) < 4.78 is 41.9. The smallest absolute Gasteiger partial charge is 0.410 e. The Bertz CT molecular complexity index is 1340. The van der Waals surface area contributed by atoms with Gasteiger partial charge in [-0.15, -0.1) is 0 Å². The molecule has 39 heavy (non-hydrogen) atoms. The summed E-state index contributed by atoms with van der Waals surface area (Å²) in [4.78, 5) is 31.7. The largest absolute Gasteiger partial charge is 0.444 e. The fourth-order valence-corrected chi connectivity index (χ4v) is 4.66. The highest BCUT2D eigenvalue weighted by molar-refractivity contribution is 6.08. The lowest BCUT2D eigenvalue weighted by atomic mass is 10.1. The van der Waals surface area contributed by atoms with Gasteiger partial charge in [0.1, 0.15) is 17.3 Å². The van der Waals surface area contributed by atoms with E-state index in [0.29, 0.717) is 50.4 Å². The molecule has 210 valence electrons. The third kappa shape index (κ3) is 6.01. The summed E-state index contributed by atoms with van der Waals surface area (Å²) in [6, 6.07) is 1.56. The molecule has 12 nitrogen and oxygen atoms in total. The van der Waals surface area contributed by atoms with Crippen LogP contribution in [-0.2, 0) is 9.47 Å². The molecule has 2 amide bonds. The van der Waals surface area contributed by atoms with E-state index in [-0.39, 0.29) is 23.4 Å². The number of aromatic nitrogens is 5. The maximum absolute atomic E-state index is 13.9. The molecule has 0 radical (unpaired) electrons. The number of likely N-dealkylation sites (tertiary alicyclic amines) is 1. The second-order valence-electron chi connectivity index (χ2n) is 10.6. The molecule has 0 bridgehead atoms. The Morgan fingerprint density at radius 3 is 2.69 bits per heavy atom. The minimum atomic E-state index is -2.90. The number of morpholine rings is 1. The van der Waals surface area contributed by atoms with Gasteiger partial charge in [-0.2, -0.15) is 10.2 Å². The fraction of sp³-hybridized carbons (Fsp3) is 0.560. The highest BCUT2D eigenvalue weighted by Crippen LogP contribution is 2.31. The van der Waals surface area contributed by atoms with Crippen molar-refractivity contribution in [2.45, 2.75) is 57.8 Å². The molecule has 3 aromatic rings. The Morgan fingerprint density at radius 1 is 1.26 bits per heavy atom. The van der Waals surface area contributed by atoms with Gasteiger partial charge in [0.15, 0.2) is 11.3 Å². The van der Waals surface area contributed by atoms with Gasteiger partial charge in [-0.3, -0.25) is 9.48 Å². The van der Waals surface area contributed by atoms with Crippen LogP contribution in [0.15, 0.2) is 24.7 Å². The summed E-state index contributed by atoms with van der Waals surface area (Å²) in [5.41, 5.74) is -0.139. The van der Waals surface area contributed by atoms with Crippen molar-refractivity contribution in [2.75, 3.05) is 38.1 Å². The van der Waals surface area contributed by atoms with E-state index < -0.39 is 29.7 Å². The van der Waals surface area contributed by atoms with Crippen LogP contribution in [0.3, 0.4) is 0 Å². The number of nitrogens with one attached hydrogen (secondary N) is 2. The number of fused-ring (bicyclic) bond motifs is 1. The quantitative estimate of drug-likeness (QED) is 0.499. The van der Waals surface area contributed by atoms with Crippen molar-refractivity contribution in [3.8, 4) is 0 Å². The van der Waals surface area contributed by atoms with E-state index in [9.17, 15) is 18.4 Å². The van der Waals surface area contributed by atoms with Crippen molar-refractivity contribution in [2.24, 2.45) is 0 Å². The number of carbonyl (C=O) groups excluding carboxylic acids is 2. The Labute approximate surface area is 223 Å². The molecule has 5 rings (SSSR count). The minimum Gasteiger partial charge on any atom is -0.444 e. The van der Waals surface area contributed by atoms with Crippen LogP contribution in [0.25, 0.3) is 5.65 Å². The zero-order chi connectivity index (χ0) is 27.7. The summed E-state index contributed by atoms with van der Waals surface area (Å²) >= 11 is 0. The topological polar surface area (TPSA) is 128 Å². The molecule has 0 spiro atoms. The normalized spacial score (nSPS) is 19.0. The van der Waals surface area contributed by atoms with E-state index >= 15 is 0 Å². The van der Waals surface area contributed by atoms with Gasteiger partial charge in [0.25, 0.3) is 12.3 Å². The molecular formula is C25H32F2N8O4. The summed E-state index contributed by atoms with van der Waals surface area (Å²) in [5, 5.41) is 14.1. The highest BCUT2D eigenvalue weighted by atomic mass is 19.3. The van der Waals surface area contributed by atoms with E-state index in [4.69, 9.17) is 9.47 Å². The van der Waals surface area contributed by atoms with Crippen LogP contribution in [0.4, 0.5) is 19.3 Å². The maximum Gasteiger partial charge on any atom is 0.410 e. The molecule has 0 saturated carbocycles. The van der Waals surface area contributed by atoms with Gasteiger partial charge in [-0.1, -0.05) is 0 Å². The monoisotopic (exact) mass is 546 g/mol. The van der Waals surface area contributed by atoms with E-state index in [0.717, 1.165) is 6.54 Å². The van der Waals surface area contributed by atoms with E-state index in [1.165, 1.54) is 21.6 Å². The molecule has 1 atom stereocenters. The van der Waals surface area contributed by atoms with Crippen molar-refractivity contribution in [1.82, 2.24) is 34.6 Å². The first kappa shape index (κ1) is 26.9. The van der Waals surface area contributed by atoms with Gasteiger partial charge in [-0.25, -0.2) is 23.1 Å². The number of carbonyl (C=O) groups is 2. The van der Waals surface area contributed by atoms with E-state index in [1.807, 2.05) is 0 Å². The van der Waals surface area contributed by atoms with Crippen LogP contribution >= 0.6 is 0 Å². The number of halogens is 2.